The summed E-state index contributed by atoms with van der Waals surface area (Å²) in [5, 5.41) is 9.34. The summed E-state index contributed by atoms with van der Waals surface area (Å²) in [5.41, 5.74) is 1.26. The molecule has 1 atom stereocenters. The van der Waals surface area contributed by atoms with E-state index in [1.165, 1.54) is 5.56 Å². The molecule has 1 unspecified atom stereocenters. The molecule has 0 amide bonds. The van der Waals surface area contributed by atoms with Gasteiger partial charge in [-0.05, 0) is 50.3 Å². The highest BCUT2D eigenvalue weighted by Crippen LogP contribution is 2.16. The molecule has 0 saturated carbocycles. The lowest BCUT2D eigenvalue weighted by molar-refractivity contribution is 0.0612. The zero-order chi connectivity index (χ0) is 12.7. The summed E-state index contributed by atoms with van der Waals surface area (Å²) in [4.78, 5) is 0. The van der Waals surface area contributed by atoms with Crippen molar-refractivity contribution in [3.8, 4) is 0 Å². The molecule has 0 aromatic heterocycles. The van der Waals surface area contributed by atoms with Crippen molar-refractivity contribution in [3.63, 3.8) is 0 Å². The van der Waals surface area contributed by atoms with Crippen molar-refractivity contribution in [1.82, 2.24) is 0 Å². The number of halogens is 1. The average Bonchev–Trinajstić information content (AvgIpc) is 2.30. The van der Waals surface area contributed by atoms with Crippen LogP contribution in [0.25, 0.3) is 0 Å². The molecule has 1 aromatic rings. The first-order valence-corrected chi connectivity index (χ1v) is 6.88. The van der Waals surface area contributed by atoms with Gasteiger partial charge in [-0.2, -0.15) is 0 Å². The molecule has 0 radical (unpaired) electrons. The second kappa shape index (κ2) is 7.85. The monoisotopic (exact) mass is 300 g/mol. The Hall–Kier alpha value is -0.380. The molecule has 0 aliphatic rings. The van der Waals surface area contributed by atoms with E-state index in [1.807, 2.05) is 26.0 Å². The van der Waals surface area contributed by atoms with E-state index in [-0.39, 0.29) is 18.6 Å². The van der Waals surface area contributed by atoms with Crippen LogP contribution in [-0.2, 0) is 11.2 Å². The summed E-state index contributed by atoms with van der Waals surface area (Å²) in [5.74, 6) is 0.287. The SMILES string of the molecule is CC(C)OCCC(CO)Cc1ccc(Br)cc1. The summed E-state index contributed by atoms with van der Waals surface area (Å²) in [6.07, 6.45) is 2.08. The highest BCUT2D eigenvalue weighted by Gasteiger charge is 2.09. The normalized spacial score (nSPS) is 13.0. The van der Waals surface area contributed by atoms with Gasteiger partial charge in [0.2, 0.25) is 0 Å². The van der Waals surface area contributed by atoms with Crippen molar-refractivity contribution in [2.45, 2.75) is 32.8 Å². The topological polar surface area (TPSA) is 29.5 Å². The standard InChI is InChI=1S/C14H21BrO2/c1-11(2)17-8-7-13(10-16)9-12-3-5-14(15)6-4-12/h3-6,11,13,16H,7-10H2,1-2H3. The Morgan fingerprint density at radius 2 is 1.88 bits per heavy atom. The Balaban J connectivity index is 2.38. The van der Waals surface area contributed by atoms with Gasteiger partial charge in [0.05, 0.1) is 6.10 Å². The minimum absolute atomic E-state index is 0.220. The molecule has 0 fully saturated rings. The lowest BCUT2D eigenvalue weighted by atomic mass is 9.97. The van der Waals surface area contributed by atoms with Crippen molar-refractivity contribution in [2.24, 2.45) is 5.92 Å². The van der Waals surface area contributed by atoms with Crippen molar-refractivity contribution in [3.05, 3.63) is 34.3 Å². The number of aliphatic hydroxyl groups is 1. The van der Waals surface area contributed by atoms with Gasteiger partial charge in [-0.15, -0.1) is 0 Å². The molecule has 1 rings (SSSR count). The Kier molecular flexibility index (Phi) is 6.78. The van der Waals surface area contributed by atoms with Crippen LogP contribution in [0, 0.1) is 5.92 Å². The fourth-order valence-corrected chi connectivity index (χ4v) is 1.95. The van der Waals surface area contributed by atoms with E-state index in [0.717, 1.165) is 23.9 Å². The Morgan fingerprint density at radius 1 is 1.24 bits per heavy atom. The maximum Gasteiger partial charge on any atom is 0.0518 e. The summed E-state index contributed by atoms with van der Waals surface area (Å²) >= 11 is 3.42. The largest absolute Gasteiger partial charge is 0.396 e. The minimum Gasteiger partial charge on any atom is -0.396 e. The molecule has 2 nitrogen and oxygen atoms in total. The Bertz CT molecular complexity index is 309. The van der Waals surface area contributed by atoms with Gasteiger partial charge in [-0.25, -0.2) is 0 Å². The maximum absolute atomic E-state index is 9.34. The van der Waals surface area contributed by atoms with E-state index in [2.05, 4.69) is 28.1 Å². The zero-order valence-electron chi connectivity index (χ0n) is 10.5. The van der Waals surface area contributed by atoms with Crippen molar-refractivity contribution in [1.29, 1.82) is 0 Å². The van der Waals surface area contributed by atoms with Gasteiger partial charge >= 0.3 is 0 Å². The van der Waals surface area contributed by atoms with E-state index in [9.17, 15) is 5.11 Å². The van der Waals surface area contributed by atoms with E-state index in [0.29, 0.717) is 0 Å². The molecule has 0 bridgehead atoms. The van der Waals surface area contributed by atoms with Crippen molar-refractivity contribution in [2.75, 3.05) is 13.2 Å². The number of ether oxygens (including phenoxy) is 1. The molecular weight excluding hydrogens is 280 g/mol. The lowest BCUT2D eigenvalue weighted by Crippen LogP contribution is -2.14. The third-order valence-corrected chi connectivity index (χ3v) is 3.20. The Labute approximate surface area is 112 Å². The van der Waals surface area contributed by atoms with Crippen LogP contribution in [0.15, 0.2) is 28.7 Å². The third kappa shape index (κ3) is 6.20. The van der Waals surface area contributed by atoms with E-state index < -0.39 is 0 Å². The first-order chi connectivity index (χ1) is 8.11. The summed E-state index contributed by atoms with van der Waals surface area (Å²) in [7, 11) is 0. The molecule has 96 valence electrons. The summed E-state index contributed by atoms with van der Waals surface area (Å²) in [6.45, 7) is 5.00. The van der Waals surface area contributed by atoms with E-state index >= 15 is 0 Å². The van der Waals surface area contributed by atoms with Crippen LogP contribution in [0.1, 0.15) is 25.8 Å². The van der Waals surface area contributed by atoms with Crippen LogP contribution in [0.5, 0.6) is 0 Å². The van der Waals surface area contributed by atoms with Crippen LogP contribution in [0.4, 0.5) is 0 Å². The predicted octanol–water partition coefficient (Wildman–Crippen LogP) is 3.42. The number of benzene rings is 1. The maximum atomic E-state index is 9.34. The number of aliphatic hydroxyl groups excluding tert-OH is 1. The Morgan fingerprint density at radius 3 is 2.41 bits per heavy atom. The molecule has 0 saturated heterocycles. The fraction of sp³-hybridized carbons (Fsp3) is 0.571. The number of rotatable bonds is 7. The van der Waals surface area contributed by atoms with Crippen LogP contribution < -0.4 is 0 Å². The lowest BCUT2D eigenvalue weighted by Gasteiger charge is -2.15. The number of hydrogen-bond donors (Lipinski definition) is 1. The van der Waals surface area contributed by atoms with Gasteiger partial charge in [-0.3, -0.25) is 0 Å². The molecule has 3 heteroatoms. The highest BCUT2D eigenvalue weighted by atomic mass is 79.9. The summed E-state index contributed by atoms with van der Waals surface area (Å²) < 4.78 is 6.60. The van der Waals surface area contributed by atoms with Crippen molar-refractivity contribution < 1.29 is 9.84 Å². The molecule has 0 heterocycles. The van der Waals surface area contributed by atoms with Crippen LogP contribution in [0.3, 0.4) is 0 Å². The van der Waals surface area contributed by atoms with Gasteiger partial charge in [-0.1, -0.05) is 28.1 Å². The molecular formula is C14H21BrO2. The number of hydrogen-bond acceptors (Lipinski definition) is 2. The quantitative estimate of drug-likeness (QED) is 0.836. The van der Waals surface area contributed by atoms with Gasteiger partial charge in [0.15, 0.2) is 0 Å². The molecule has 17 heavy (non-hydrogen) atoms. The van der Waals surface area contributed by atoms with Gasteiger partial charge in [0, 0.05) is 17.7 Å². The van der Waals surface area contributed by atoms with Gasteiger partial charge in [0.1, 0.15) is 0 Å². The van der Waals surface area contributed by atoms with E-state index in [1.54, 1.807) is 0 Å². The molecule has 1 N–H and O–H groups in total. The predicted molar refractivity (Wildman–Crippen MR) is 74.1 cm³/mol. The zero-order valence-corrected chi connectivity index (χ0v) is 12.1. The third-order valence-electron chi connectivity index (χ3n) is 2.67. The molecule has 1 aromatic carbocycles. The molecule has 0 aliphatic carbocycles. The van der Waals surface area contributed by atoms with Crippen molar-refractivity contribution >= 4 is 15.9 Å². The first kappa shape index (κ1) is 14.7. The van der Waals surface area contributed by atoms with Gasteiger partial charge in [0.25, 0.3) is 0 Å². The van der Waals surface area contributed by atoms with Gasteiger partial charge < -0.3 is 9.84 Å². The van der Waals surface area contributed by atoms with Crippen LogP contribution in [0.2, 0.25) is 0 Å². The smallest absolute Gasteiger partial charge is 0.0518 e. The second-order valence-electron chi connectivity index (χ2n) is 4.59. The van der Waals surface area contributed by atoms with Crippen LogP contribution >= 0.6 is 15.9 Å². The second-order valence-corrected chi connectivity index (χ2v) is 5.50. The minimum atomic E-state index is 0.220. The molecule has 0 aliphatic heterocycles. The average molecular weight is 301 g/mol. The molecule has 0 spiro atoms. The fourth-order valence-electron chi connectivity index (χ4n) is 1.68. The van der Waals surface area contributed by atoms with E-state index in [4.69, 9.17) is 4.74 Å². The van der Waals surface area contributed by atoms with Crippen LogP contribution in [-0.4, -0.2) is 24.4 Å². The highest BCUT2D eigenvalue weighted by molar-refractivity contribution is 9.10. The summed E-state index contributed by atoms with van der Waals surface area (Å²) in [6, 6.07) is 8.26. The first-order valence-electron chi connectivity index (χ1n) is 6.08.